The summed E-state index contributed by atoms with van der Waals surface area (Å²) in [5.41, 5.74) is -0.534. The molecule has 1 aromatic heterocycles. The van der Waals surface area contributed by atoms with Gasteiger partial charge in [-0.15, -0.1) is 0 Å². The lowest BCUT2D eigenvalue weighted by Crippen LogP contribution is -2.22. The van der Waals surface area contributed by atoms with Crippen molar-refractivity contribution in [2.45, 2.75) is 12.3 Å². The van der Waals surface area contributed by atoms with Gasteiger partial charge in [0, 0.05) is 23.1 Å². The molecule has 34 heavy (non-hydrogen) atoms. The lowest BCUT2D eigenvalue weighted by Gasteiger charge is -2.26. The molecule has 1 atom stereocenters. The van der Waals surface area contributed by atoms with Crippen molar-refractivity contribution < 1.29 is 44.6 Å². The second kappa shape index (κ2) is 7.34. The van der Waals surface area contributed by atoms with Crippen molar-refractivity contribution in [3.05, 3.63) is 63.8 Å². The van der Waals surface area contributed by atoms with Crippen LogP contribution < -0.4 is 10.2 Å². The lowest BCUT2D eigenvalue weighted by molar-refractivity contribution is -0.135. The van der Waals surface area contributed by atoms with Crippen LogP contribution in [-0.4, -0.2) is 36.6 Å². The minimum Gasteiger partial charge on any atom is -0.507 e. The monoisotopic (exact) mass is 464 g/mol. The Morgan fingerprint density at radius 3 is 2.12 bits per heavy atom. The Morgan fingerprint density at radius 2 is 1.44 bits per heavy atom. The van der Waals surface area contributed by atoms with Gasteiger partial charge >= 0.3 is 5.97 Å². The molecule has 10 heteroatoms. The largest absolute Gasteiger partial charge is 0.507 e. The summed E-state index contributed by atoms with van der Waals surface area (Å²) in [4.78, 5) is 25.3. The predicted molar refractivity (Wildman–Crippen MR) is 116 cm³/mol. The number of aromatic hydroxyl groups is 6. The fraction of sp³-hybridized carbons (Fsp3) is 0.0833. The predicted octanol–water partition coefficient (Wildman–Crippen LogP) is 3.13. The molecule has 0 saturated carbocycles. The number of carbonyl (C=O) groups is 1. The smallest absolute Gasteiger partial charge is 0.312 e. The van der Waals surface area contributed by atoms with Crippen LogP contribution in [0, 0.1) is 0 Å². The number of hydrogen-bond acceptors (Lipinski definition) is 10. The highest BCUT2D eigenvalue weighted by molar-refractivity contribution is 5.94. The standard InChI is InChI=1S/C24H16O10/c25-12-3-1-9(5-14(12)27)11-7-18(30)33-17-8-16(29)20-21(31)22(32)23(34-24(20)19(11)17)10-2-4-13(26)15(28)6-10/h1-6,8,11,25-29,32H,7H2/t11-/m1/s1. The number of esters is 1. The van der Waals surface area contributed by atoms with E-state index in [0.29, 0.717) is 5.56 Å². The van der Waals surface area contributed by atoms with Crippen LogP contribution in [0.5, 0.6) is 40.2 Å². The van der Waals surface area contributed by atoms with Crippen LogP contribution >= 0.6 is 0 Å². The molecule has 10 nitrogen and oxygen atoms in total. The normalized spacial score (nSPS) is 15.2. The maximum absolute atomic E-state index is 13.0. The van der Waals surface area contributed by atoms with Gasteiger partial charge in [0.1, 0.15) is 22.5 Å². The van der Waals surface area contributed by atoms with Gasteiger partial charge in [0.15, 0.2) is 28.8 Å². The minimum absolute atomic E-state index is 0.0514. The van der Waals surface area contributed by atoms with Gasteiger partial charge in [-0.1, -0.05) is 6.07 Å². The molecule has 1 aliphatic rings. The first kappa shape index (κ1) is 21.0. The van der Waals surface area contributed by atoms with Crippen LogP contribution in [0.2, 0.25) is 0 Å². The minimum atomic E-state index is -0.978. The topological polar surface area (TPSA) is 178 Å². The fourth-order valence-corrected chi connectivity index (χ4v) is 4.08. The first-order chi connectivity index (χ1) is 16.2. The van der Waals surface area contributed by atoms with E-state index in [1.54, 1.807) is 0 Å². The maximum Gasteiger partial charge on any atom is 0.312 e. The maximum atomic E-state index is 13.0. The van der Waals surface area contributed by atoms with Gasteiger partial charge in [0.25, 0.3) is 0 Å². The second-order valence-electron chi connectivity index (χ2n) is 7.80. The third kappa shape index (κ3) is 3.12. The molecular weight excluding hydrogens is 448 g/mol. The Bertz CT molecular complexity index is 1570. The molecule has 0 unspecified atom stereocenters. The third-order valence-electron chi connectivity index (χ3n) is 5.70. The Kier molecular flexibility index (Phi) is 4.54. The summed E-state index contributed by atoms with van der Waals surface area (Å²) in [5, 5.41) is 59.7. The van der Waals surface area contributed by atoms with E-state index in [2.05, 4.69) is 0 Å². The average molecular weight is 464 g/mol. The molecule has 0 spiro atoms. The van der Waals surface area contributed by atoms with Gasteiger partial charge < -0.3 is 39.8 Å². The van der Waals surface area contributed by atoms with Crippen LogP contribution in [-0.2, 0) is 4.79 Å². The zero-order chi connectivity index (χ0) is 24.3. The molecule has 0 bridgehead atoms. The molecular formula is C24H16O10. The molecule has 0 fully saturated rings. The molecule has 0 radical (unpaired) electrons. The number of ether oxygens (including phenoxy) is 1. The Hall–Kier alpha value is -4.86. The van der Waals surface area contributed by atoms with Crippen LogP contribution in [0.3, 0.4) is 0 Å². The number of benzene rings is 3. The molecule has 5 rings (SSSR count). The van der Waals surface area contributed by atoms with Gasteiger partial charge in [-0.25, -0.2) is 0 Å². The van der Waals surface area contributed by atoms with Crippen molar-refractivity contribution in [2.24, 2.45) is 0 Å². The van der Waals surface area contributed by atoms with Gasteiger partial charge in [0.05, 0.1) is 6.42 Å². The molecule has 1 aliphatic heterocycles. The Balaban J connectivity index is 1.85. The number of hydrogen-bond donors (Lipinski definition) is 6. The number of rotatable bonds is 2. The van der Waals surface area contributed by atoms with E-state index >= 15 is 0 Å². The average Bonchev–Trinajstić information content (AvgIpc) is 2.78. The van der Waals surface area contributed by atoms with Gasteiger partial charge in [-0.2, -0.15) is 0 Å². The summed E-state index contributed by atoms with van der Waals surface area (Å²) in [5.74, 6) is -5.10. The van der Waals surface area contributed by atoms with E-state index in [-0.39, 0.29) is 45.8 Å². The number of phenolic OH excluding ortho intramolecular Hbond substituents is 5. The molecule has 4 aromatic rings. The van der Waals surface area contributed by atoms with E-state index in [1.165, 1.54) is 24.3 Å². The first-order valence-corrected chi connectivity index (χ1v) is 9.96. The molecule has 0 amide bonds. The number of fused-ring (bicyclic) bond motifs is 3. The zero-order valence-corrected chi connectivity index (χ0v) is 17.1. The van der Waals surface area contributed by atoms with Gasteiger partial charge in [-0.3, -0.25) is 9.59 Å². The third-order valence-corrected chi connectivity index (χ3v) is 5.70. The Morgan fingerprint density at radius 1 is 0.765 bits per heavy atom. The summed E-state index contributed by atoms with van der Waals surface area (Å²) in [7, 11) is 0. The summed E-state index contributed by atoms with van der Waals surface area (Å²) in [6.07, 6.45) is -0.211. The highest BCUT2D eigenvalue weighted by Gasteiger charge is 2.34. The van der Waals surface area contributed by atoms with Crippen LogP contribution in [0.4, 0.5) is 0 Å². The summed E-state index contributed by atoms with van der Waals surface area (Å²) < 4.78 is 11.1. The van der Waals surface area contributed by atoms with Crippen LogP contribution in [0.25, 0.3) is 22.3 Å². The lowest BCUT2D eigenvalue weighted by atomic mass is 9.85. The van der Waals surface area contributed by atoms with Crippen molar-refractivity contribution in [1.82, 2.24) is 0 Å². The highest BCUT2D eigenvalue weighted by Crippen LogP contribution is 2.48. The summed E-state index contributed by atoms with van der Waals surface area (Å²) in [6.45, 7) is 0. The quantitative estimate of drug-likeness (QED) is 0.147. The molecule has 172 valence electrons. The van der Waals surface area contributed by atoms with Crippen molar-refractivity contribution in [1.29, 1.82) is 0 Å². The fourth-order valence-electron chi connectivity index (χ4n) is 4.08. The van der Waals surface area contributed by atoms with E-state index in [4.69, 9.17) is 9.15 Å². The van der Waals surface area contributed by atoms with Crippen LogP contribution in [0.1, 0.15) is 23.5 Å². The van der Waals surface area contributed by atoms with E-state index in [9.17, 15) is 40.2 Å². The summed E-state index contributed by atoms with van der Waals surface area (Å²) in [6, 6.07) is 8.52. The molecule has 2 heterocycles. The van der Waals surface area contributed by atoms with Gasteiger partial charge in [0.2, 0.25) is 11.2 Å². The number of carbonyl (C=O) groups excluding carboxylic acids is 1. The number of phenols is 5. The SMILES string of the molecule is O=C1C[C@H](c2ccc(O)c(O)c2)c2c(cc(O)c3c(=O)c(O)c(-c4ccc(O)c(O)c4)oc23)O1. The highest BCUT2D eigenvalue weighted by atomic mass is 16.5. The van der Waals surface area contributed by atoms with Gasteiger partial charge in [-0.05, 0) is 35.9 Å². The summed E-state index contributed by atoms with van der Waals surface area (Å²) >= 11 is 0. The molecule has 0 aliphatic carbocycles. The van der Waals surface area contributed by atoms with Crippen LogP contribution in [0.15, 0.2) is 51.7 Å². The molecule has 3 aromatic carbocycles. The van der Waals surface area contributed by atoms with Crippen molar-refractivity contribution in [3.63, 3.8) is 0 Å². The van der Waals surface area contributed by atoms with E-state index in [0.717, 1.165) is 18.2 Å². The van der Waals surface area contributed by atoms with E-state index in [1.807, 2.05) is 0 Å². The second-order valence-corrected chi connectivity index (χ2v) is 7.80. The van der Waals surface area contributed by atoms with E-state index < -0.39 is 46.1 Å². The molecule has 0 saturated heterocycles. The Labute approximate surface area is 189 Å². The van der Waals surface area contributed by atoms with Crippen molar-refractivity contribution in [3.8, 4) is 51.6 Å². The zero-order valence-electron chi connectivity index (χ0n) is 17.1. The molecule has 6 N–H and O–H groups in total. The van der Waals surface area contributed by atoms with Crippen molar-refractivity contribution >= 4 is 16.9 Å². The van der Waals surface area contributed by atoms with Crippen molar-refractivity contribution in [2.75, 3.05) is 0 Å². The first-order valence-electron chi connectivity index (χ1n) is 9.96.